The molecule has 0 spiro atoms. The number of nitrogens with one attached hydrogen (secondary N) is 1. The van der Waals surface area contributed by atoms with E-state index < -0.39 is 0 Å². The fourth-order valence-electron chi connectivity index (χ4n) is 1.60. The maximum Gasteiger partial charge on any atom is -0.00218 e. The van der Waals surface area contributed by atoms with Crippen LogP contribution in [-0.2, 0) is 0 Å². The van der Waals surface area contributed by atoms with Crippen LogP contribution in [0.15, 0.2) is 0 Å². The molecule has 0 radical (unpaired) electrons. The number of hydrogen-bond donors (Lipinski definition) is 1. The third kappa shape index (κ3) is 10.0. The minimum absolute atomic E-state index is 1.18. The molecule has 14 heavy (non-hydrogen) atoms. The van der Waals surface area contributed by atoms with Gasteiger partial charge in [-0.2, -0.15) is 0 Å². The van der Waals surface area contributed by atoms with Gasteiger partial charge in [0.15, 0.2) is 0 Å². The second-order valence-electron chi connectivity index (χ2n) is 4.11. The molecule has 0 aliphatic rings. The maximum absolute atomic E-state index is 3.43. The number of nitrogens with zero attached hydrogens (tertiary/aromatic N) is 1. The lowest BCUT2D eigenvalue weighted by Crippen LogP contribution is -2.21. The molecule has 86 valence electrons. The van der Waals surface area contributed by atoms with Crippen molar-refractivity contribution in [3.05, 3.63) is 0 Å². The van der Waals surface area contributed by atoms with Gasteiger partial charge in [-0.05, 0) is 58.9 Å². The highest BCUT2D eigenvalue weighted by Gasteiger charge is 1.95. The zero-order valence-corrected chi connectivity index (χ0v) is 10.3. The highest BCUT2D eigenvalue weighted by Crippen LogP contribution is 1.97. The third-order valence-corrected chi connectivity index (χ3v) is 2.43. The van der Waals surface area contributed by atoms with Crippen molar-refractivity contribution in [3.63, 3.8) is 0 Å². The van der Waals surface area contributed by atoms with E-state index in [4.69, 9.17) is 0 Å². The van der Waals surface area contributed by atoms with E-state index in [0.29, 0.717) is 0 Å². The van der Waals surface area contributed by atoms with Crippen LogP contribution in [0.5, 0.6) is 0 Å². The molecule has 0 unspecified atom stereocenters. The van der Waals surface area contributed by atoms with E-state index in [2.05, 4.69) is 31.1 Å². The Morgan fingerprint density at radius 1 is 0.857 bits per heavy atom. The average Bonchev–Trinajstić information content (AvgIpc) is 2.17. The molecule has 0 aromatic rings. The summed E-state index contributed by atoms with van der Waals surface area (Å²) < 4.78 is 0. The van der Waals surface area contributed by atoms with Crippen molar-refractivity contribution in [2.45, 2.75) is 46.0 Å². The van der Waals surface area contributed by atoms with Crippen molar-refractivity contribution >= 4 is 0 Å². The second-order valence-corrected chi connectivity index (χ2v) is 4.11. The van der Waals surface area contributed by atoms with Crippen LogP contribution in [0.2, 0.25) is 0 Å². The summed E-state index contributed by atoms with van der Waals surface area (Å²) in [6, 6.07) is 0. The van der Waals surface area contributed by atoms with Gasteiger partial charge < -0.3 is 10.2 Å². The lowest BCUT2D eigenvalue weighted by molar-refractivity contribution is 0.325. The second kappa shape index (κ2) is 11.0. The summed E-state index contributed by atoms with van der Waals surface area (Å²) in [5.41, 5.74) is 0. The topological polar surface area (TPSA) is 15.3 Å². The molecule has 0 aromatic heterocycles. The zero-order chi connectivity index (χ0) is 10.6. The van der Waals surface area contributed by atoms with E-state index in [-0.39, 0.29) is 0 Å². The summed E-state index contributed by atoms with van der Waals surface area (Å²) in [7, 11) is 2.22. The summed E-state index contributed by atoms with van der Waals surface area (Å²) in [5.74, 6) is 0. The molecule has 1 N–H and O–H groups in total. The Morgan fingerprint density at radius 2 is 1.64 bits per heavy atom. The molecule has 2 nitrogen and oxygen atoms in total. The fourth-order valence-corrected chi connectivity index (χ4v) is 1.60. The molecule has 2 heteroatoms. The SMILES string of the molecule is CCCNCCCCCN(C)CCC. The minimum Gasteiger partial charge on any atom is -0.317 e. The maximum atomic E-state index is 3.43. The van der Waals surface area contributed by atoms with Gasteiger partial charge in [0.1, 0.15) is 0 Å². The first-order valence-corrected chi connectivity index (χ1v) is 6.20. The number of unbranched alkanes of at least 4 members (excludes halogenated alkanes) is 2. The molecular weight excluding hydrogens is 172 g/mol. The van der Waals surface area contributed by atoms with Crippen molar-refractivity contribution in [1.82, 2.24) is 10.2 Å². The minimum atomic E-state index is 1.18. The van der Waals surface area contributed by atoms with Gasteiger partial charge in [0.05, 0.1) is 0 Å². The van der Waals surface area contributed by atoms with E-state index in [1.807, 2.05) is 0 Å². The summed E-state index contributed by atoms with van der Waals surface area (Å²) in [6.07, 6.45) is 6.57. The molecule has 0 bridgehead atoms. The molecule has 0 rings (SSSR count). The van der Waals surface area contributed by atoms with Crippen LogP contribution >= 0.6 is 0 Å². The molecule has 0 amide bonds. The van der Waals surface area contributed by atoms with Crippen LogP contribution in [0.4, 0.5) is 0 Å². The normalized spacial score (nSPS) is 11.1. The van der Waals surface area contributed by atoms with Crippen molar-refractivity contribution in [2.24, 2.45) is 0 Å². The van der Waals surface area contributed by atoms with Crippen LogP contribution in [0.1, 0.15) is 46.0 Å². The summed E-state index contributed by atoms with van der Waals surface area (Å²) in [4.78, 5) is 2.43. The monoisotopic (exact) mass is 200 g/mol. The van der Waals surface area contributed by atoms with E-state index >= 15 is 0 Å². The van der Waals surface area contributed by atoms with Crippen molar-refractivity contribution in [2.75, 3.05) is 33.2 Å². The first-order valence-electron chi connectivity index (χ1n) is 6.20. The van der Waals surface area contributed by atoms with Gasteiger partial charge in [-0.3, -0.25) is 0 Å². The molecular formula is C12H28N2. The smallest absolute Gasteiger partial charge is 0.00218 e. The Kier molecular flexibility index (Phi) is 10.9. The van der Waals surface area contributed by atoms with Crippen molar-refractivity contribution in [1.29, 1.82) is 0 Å². The molecule has 0 fully saturated rings. The first-order chi connectivity index (χ1) is 6.81. The molecule has 0 aliphatic carbocycles. The third-order valence-electron chi connectivity index (χ3n) is 2.43. The summed E-state index contributed by atoms with van der Waals surface area (Å²) in [6.45, 7) is 9.34. The zero-order valence-electron chi connectivity index (χ0n) is 10.3. The van der Waals surface area contributed by atoms with Gasteiger partial charge in [-0.15, -0.1) is 0 Å². The van der Waals surface area contributed by atoms with Gasteiger partial charge >= 0.3 is 0 Å². The van der Waals surface area contributed by atoms with Gasteiger partial charge in [0.25, 0.3) is 0 Å². The van der Waals surface area contributed by atoms with E-state index in [0.717, 1.165) is 0 Å². The predicted octanol–water partition coefficient (Wildman–Crippen LogP) is 2.50. The van der Waals surface area contributed by atoms with E-state index in [9.17, 15) is 0 Å². The highest BCUT2D eigenvalue weighted by molar-refractivity contribution is 4.52. The van der Waals surface area contributed by atoms with Gasteiger partial charge in [0, 0.05) is 0 Å². The van der Waals surface area contributed by atoms with Crippen LogP contribution in [-0.4, -0.2) is 38.1 Å². The molecule has 0 atom stereocenters. The van der Waals surface area contributed by atoms with Crippen LogP contribution in [0, 0.1) is 0 Å². The summed E-state index contributed by atoms with van der Waals surface area (Å²) in [5, 5.41) is 3.43. The lowest BCUT2D eigenvalue weighted by Gasteiger charge is -2.14. The predicted molar refractivity (Wildman–Crippen MR) is 64.8 cm³/mol. The van der Waals surface area contributed by atoms with Crippen molar-refractivity contribution < 1.29 is 0 Å². The van der Waals surface area contributed by atoms with E-state index in [1.165, 1.54) is 58.3 Å². The number of rotatable bonds is 10. The first kappa shape index (κ1) is 13.9. The quantitative estimate of drug-likeness (QED) is 0.545. The van der Waals surface area contributed by atoms with Crippen molar-refractivity contribution in [3.8, 4) is 0 Å². The van der Waals surface area contributed by atoms with Crippen LogP contribution < -0.4 is 5.32 Å². The molecule has 0 saturated carbocycles. The van der Waals surface area contributed by atoms with Gasteiger partial charge in [0.2, 0.25) is 0 Å². The Balaban J connectivity index is 2.98. The standard InChI is InChI=1S/C12H28N2/c1-4-9-13-10-7-6-8-12-14(3)11-5-2/h13H,4-12H2,1-3H3. The summed E-state index contributed by atoms with van der Waals surface area (Å²) >= 11 is 0. The highest BCUT2D eigenvalue weighted by atomic mass is 15.1. The largest absolute Gasteiger partial charge is 0.317 e. The molecule has 0 aromatic carbocycles. The van der Waals surface area contributed by atoms with Gasteiger partial charge in [-0.25, -0.2) is 0 Å². The number of hydrogen-bond acceptors (Lipinski definition) is 2. The van der Waals surface area contributed by atoms with Crippen LogP contribution in [0.25, 0.3) is 0 Å². The Hall–Kier alpha value is -0.0800. The lowest BCUT2D eigenvalue weighted by atomic mass is 10.2. The average molecular weight is 200 g/mol. The molecule has 0 saturated heterocycles. The Bertz CT molecular complexity index is 104. The fraction of sp³-hybridized carbons (Fsp3) is 1.00. The molecule has 0 heterocycles. The Morgan fingerprint density at radius 3 is 2.29 bits per heavy atom. The molecule has 0 aliphatic heterocycles. The Labute approximate surface area is 90.1 Å². The van der Waals surface area contributed by atoms with E-state index in [1.54, 1.807) is 0 Å². The van der Waals surface area contributed by atoms with Crippen LogP contribution in [0.3, 0.4) is 0 Å². The van der Waals surface area contributed by atoms with Gasteiger partial charge in [-0.1, -0.05) is 20.3 Å².